The zero-order valence-corrected chi connectivity index (χ0v) is 14.9. The van der Waals surface area contributed by atoms with Gasteiger partial charge in [0.25, 0.3) is 0 Å². The second-order valence-corrected chi connectivity index (χ2v) is 5.40. The third kappa shape index (κ3) is 10.4. The number of nitrogens with one attached hydrogen (secondary N) is 1. The van der Waals surface area contributed by atoms with Gasteiger partial charge in [-0.25, -0.2) is 0 Å². The SMILES string of the molecule is CCCCOCCCNC(=O)/C=C/c1ccc(OC(F)F)cc1OC(F)F. The highest BCUT2D eigenvalue weighted by molar-refractivity contribution is 5.92. The van der Waals surface area contributed by atoms with E-state index in [0.717, 1.165) is 31.1 Å². The van der Waals surface area contributed by atoms with Crippen molar-refractivity contribution in [3.63, 3.8) is 0 Å². The van der Waals surface area contributed by atoms with E-state index in [1.807, 2.05) is 0 Å². The molecule has 0 unspecified atom stereocenters. The molecule has 0 bridgehead atoms. The third-order valence-corrected chi connectivity index (χ3v) is 3.25. The molecule has 0 fully saturated rings. The lowest BCUT2D eigenvalue weighted by Crippen LogP contribution is -2.23. The van der Waals surface area contributed by atoms with Gasteiger partial charge in [-0.3, -0.25) is 4.79 Å². The van der Waals surface area contributed by atoms with E-state index < -0.39 is 19.1 Å². The summed E-state index contributed by atoms with van der Waals surface area (Å²) in [5, 5.41) is 2.62. The van der Waals surface area contributed by atoms with Gasteiger partial charge >= 0.3 is 13.2 Å². The molecule has 1 rings (SSSR count). The van der Waals surface area contributed by atoms with E-state index in [-0.39, 0.29) is 17.1 Å². The van der Waals surface area contributed by atoms with Crippen LogP contribution in [0.1, 0.15) is 31.7 Å². The fourth-order valence-corrected chi connectivity index (χ4v) is 1.99. The van der Waals surface area contributed by atoms with Gasteiger partial charge in [-0.1, -0.05) is 13.3 Å². The van der Waals surface area contributed by atoms with E-state index in [1.165, 1.54) is 12.1 Å². The molecule has 0 spiro atoms. The van der Waals surface area contributed by atoms with Crippen LogP contribution in [0.5, 0.6) is 11.5 Å². The number of hydrogen-bond acceptors (Lipinski definition) is 4. The fraction of sp³-hybridized carbons (Fsp3) is 0.500. The predicted molar refractivity (Wildman–Crippen MR) is 92.1 cm³/mol. The molecule has 1 aromatic carbocycles. The Morgan fingerprint density at radius 3 is 2.48 bits per heavy atom. The Kier molecular flexibility index (Phi) is 10.9. The van der Waals surface area contributed by atoms with Crippen LogP contribution in [0, 0.1) is 0 Å². The predicted octanol–water partition coefficient (Wildman–Crippen LogP) is 4.23. The van der Waals surface area contributed by atoms with Gasteiger partial charge in [0.15, 0.2) is 0 Å². The summed E-state index contributed by atoms with van der Waals surface area (Å²) in [6, 6.07) is 3.31. The summed E-state index contributed by atoms with van der Waals surface area (Å²) < 4.78 is 63.2. The maximum atomic E-state index is 12.5. The topological polar surface area (TPSA) is 56.8 Å². The van der Waals surface area contributed by atoms with Crippen molar-refractivity contribution in [2.24, 2.45) is 0 Å². The average Bonchev–Trinajstić information content (AvgIpc) is 2.59. The van der Waals surface area contributed by atoms with Crippen LogP contribution in [0.3, 0.4) is 0 Å². The number of carbonyl (C=O) groups excluding carboxylic acids is 1. The fourth-order valence-electron chi connectivity index (χ4n) is 1.99. The molecule has 152 valence electrons. The minimum Gasteiger partial charge on any atom is -0.435 e. The molecule has 1 amide bonds. The number of halogens is 4. The van der Waals surface area contributed by atoms with E-state index in [4.69, 9.17) is 4.74 Å². The van der Waals surface area contributed by atoms with Gasteiger partial charge in [-0.05, 0) is 31.1 Å². The summed E-state index contributed by atoms with van der Waals surface area (Å²) in [6.45, 7) is -2.57. The van der Waals surface area contributed by atoms with Gasteiger partial charge in [-0.15, -0.1) is 0 Å². The number of rotatable bonds is 13. The van der Waals surface area contributed by atoms with Crippen molar-refractivity contribution >= 4 is 12.0 Å². The molecule has 0 radical (unpaired) electrons. The summed E-state index contributed by atoms with van der Waals surface area (Å²) in [7, 11) is 0. The molecule has 0 aromatic heterocycles. The molecule has 0 aliphatic carbocycles. The van der Waals surface area contributed by atoms with Crippen molar-refractivity contribution in [2.75, 3.05) is 19.8 Å². The molecule has 9 heteroatoms. The Bertz CT molecular complexity index is 597. The monoisotopic (exact) mass is 393 g/mol. The van der Waals surface area contributed by atoms with Gasteiger partial charge < -0.3 is 19.5 Å². The van der Waals surface area contributed by atoms with Crippen molar-refractivity contribution in [1.82, 2.24) is 5.32 Å². The third-order valence-electron chi connectivity index (χ3n) is 3.25. The lowest BCUT2D eigenvalue weighted by atomic mass is 10.1. The number of hydrogen-bond donors (Lipinski definition) is 1. The number of alkyl halides is 4. The maximum Gasteiger partial charge on any atom is 0.387 e. The smallest absolute Gasteiger partial charge is 0.387 e. The number of unbranched alkanes of at least 4 members (excludes halogenated alkanes) is 1. The van der Waals surface area contributed by atoms with E-state index in [0.29, 0.717) is 26.2 Å². The second-order valence-electron chi connectivity index (χ2n) is 5.40. The summed E-state index contributed by atoms with van der Waals surface area (Å²) in [5.41, 5.74) is 0.120. The zero-order chi connectivity index (χ0) is 20.1. The van der Waals surface area contributed by atoms with Crippen molar-refractivity contribution in [3.05, 3.63) is 29.8 Å². The van der Waals surface area contributed by atoms with Crippen LogP contribution < -0.4 is 14.8 Å². The van der Waals surface area contributed by atoms with Crippen molar-refractivity contribution in [2.45, 2.75) is 39.4 Å². The van der Waals surface area contributed by atoms with E-state index in [9.17, 15) is 22.4 Å². The van der Waals surface area contributed by atoms with Gasteiger partial charge in [-0.2, -0.15) is 17.6 Å². The van der Waals surface area contributed by atoms with E-state index >= 15 is 0 Å². The van der Waals surface area contributed by atoms with Crippen LogP contribution in [0.4, 0.5) is 17.6 Å². The highest BCUT2D eigenvalue weighted by Gasteiger charge is 2.12. The second kappa shape index (κ2) is 13.0. The summed E-state index contributed by atoms with van der Waals surface area (Å²) in [6.07, 6.45) is 5.06. The first-order chi connectivity index (χ1) is 12.9. The van der Waals surface area contributed by atoms with Gasteiger partial charge in [0, 0.05) is 37.5 Å². The molecular formula is C18H23F4NO4. The Morgan fingerprint density at radius 2 is 1.81 bits per heavy atom. The van der Waals surface area contributed by atoms with Crippen molar-refractivity contribution in [1.29, 1.82) is 0 Å². The Morgan fingerprint density at radius 1 is 1.11 bits per heavy atom. The van der Waals surface area contributed by atoms with Crippen LogP contribution in [-0.2, 0) is 9.53 Å². The summed E-state index contributed by atoms with van der Waals surface area (Å²) in [4.78, 5) is 11.7. The average molecular weight is 393 g/mol. The van der Waals surface area contributed by atoms with Gasteiger partial charge in [0.1, 0.15) is 11.5 Å². The maximum absolute atomic E-state index is 12.5. The van der Waals surface area contributed by atoms with E-state index in [2.05, 4.69) is 21.7 Å². The Balaban J connectivity index is 2.55. The minimum absolute atomic E-state index is 0.120. The Hall–Kier alpha value is -2.29. The number of ether oxygens (including phenoxy) is 3. The van der Waals surface area contributed by atoms with E-state index in [1.54, 1.807) is 0 Å². The number of amides is 1. The first-order valence-corrected chi connectivity index (χ1v) is 8.49. The lowest BCUT2D eigenvalue weighted by Gasteiger charge is -2.11. The molecule has 0 atom stereocenters. The quantitative estimate of drug-likeness (QED) is 0.310. The first-order valence-electron chi connectivity index (χ1n) is 8.49. The Labute approximate surface area is 155 Å². The van der Waals surface area contributed by atoms with Crippen LogP contribution in [0.15, 0.2) is 24.3 Å². The highest BCUT2D eigenvalue weighted by atomic mass is 19.3. The molecule has 0 saturated heterocycles. The molecule has 5 nitrogen and oxygen atoms in total. The standard InChI is InChI=1S/C18H23F4NO4/c1-2-3-10-25-11-4-9-23-16(24)8-6-13-5-7-14(26-17(19)20)12-15(13)27-18(21)22/h5-8,12,17-18H,2-4,9-11H2,1H3,(H,23,24)/b8-6+. The van der Waals surface area contributed by atoms with Crippen LogP contribution in [0.2, 0.25) is 0 Å². The molecule has 0 heterocycles. The van der Waals surface area contributed by atoms with Gasteiger partial charge in [0.05, 0.1) is 0 Å². The summed E-state index contributed by atoms with van der Waals surface area (Å²) in [5.74, 6) is -1.14. The van der Waals surface area contributed by atoms with Crippen LogP contribution >= 0.6 is 0 Å². The number of carbonyl (C=O) groups is 1. The molecule has 1 N–H and O–H groups in total. The molecular weight excluding hydrogens is 370 g/mol. The molecule has 27 heavy (non-hydrogen) atoms. The molecule has 1 aromatic rings. The highest BCUT2D eigenvalue weighted by Crippen LogP contribution is 2.28. The molecule has 0 aliphatic heterocycles. The van der Waals surface area contributed by atoms with Crippen molar-refractivity contribution in [3.8, 4) is 11.5 Å². The molecule has 0 aliphatic rings. The zero-order valence-electron chi connectivity index (χ0n) is 14.9. The van der Waals surface area contributed by atoms with Crippen molar-refractivity contribution < 1.29 is 36.6 Å². The van der Waals surface area contributed by atoms with Crippen LogP contribution in [-0.4, -0.2) is 38.9 Å². The number of benzene rings is 1. The van der Waals surface area contributed by atoms with Gasteiger partial charge in [0.2, 0.25) is 5.91 Å². The largest absolute Gasteiger partial charge is 0.435 e. The lowest BCUT2D eigenvalue weighted by molar-refractivity contribution is -0.116. The minimum atomic E-state index is -3.15. The summed E-state index contributed by atoms with van der Waals surface area (Å²) >= 11 is 0. The normalized spacial score (nSPS) is 11.4. The van der Waals surface area contributed by atoms with Crippen LogP contribution in [0.25, 0.3) is 6.08 Å². The molecule has 0 saturated carbocycles. The first kappa shape index (κ1) is 22.8.